The highest BCUT2D eigenvalue weighted by molar-refractivity contribution is 7.18. The Kier molecular flexibility index (Phi) is 4.43. The molecule has 0 radical (unpaired) electrons. The molecule has 1 aromatic heterocycles. The van der Waals surface area contributed by atoms with E-state index in [1.165, 1.54) is 10.8 Å². The fraction of sp³-hybridized carbons (Fsp3) is 0.235. The second kappa shape index (κ2) is 6.32. The van der Waals surface area contributed by atoms with Gasteiger partial charge in [-0.25, -0.2) is 9.37 Å². The van der Waals surface area contributed by atoms with Crippen LogP contribution in [0.4, 0.5) is 4.39 Å². The SMILES string of the molecule is CC(c1ccc(F)c(Cl)c1)N(C)Cc1nc2ccccc2s1. The van der Waals surface area contributed by atoms with Crippen LogP contribution in [0.2, 0.25) is 5.02 Å². The second-order valence-corrected chi connectivity index (χ2v) is 6.86. The van der Waals surface area contributed by atoms with E-state index in [0.717, 1.165) is 22.6 Å². The Morgan fingerprint density at radius 1 is 1.27 bits per heavy atom. The number of fused-ring (bicyclic) bond motifs is 1. The molecule has 114 valence electrons. The van der Waals surface area contributed by atoms with Crippen LogP contribution in [0.5, 0.6) is 0 Å². The van der Waals surface area contributed by atoms with Gasteiger partial charge in [0, 0.05) is 6.04 Å². The molecular weight excluding hydrogens is 319 g/mol. The number of hydrogen-bond acceptors (Lipinski definition) is 3. The third kappa shape index (κ3) is 3.14. The van der Waals surface area contributed by atoms with Gasteiger partial charge in [0.15, 0.2) is 0 Å². The molecule has 0 fully saturated rings. The number of benzene rings is 2. The zero-order valence-corrected chi connectivity index (χ0v) is 14.0. The second-order valence-electron chi connectivity index (χ2n) is 5.34. The zero-order valence-electron chi connectivity index (χ0n) is 12.4. The van der Waals surface area contributed by atoms with Crippen molar-refractivity contribution < 1.29 is 4.39 Å². The Balaban J connectivity index is 1.77. The summed E-state index contributed by atoms with van der Waals surface area (Å²) < 4.78 is 14.5. The van der Waals surface area contributed by atoms with Crippen molar-refractivity contribution in [1.82, 2.24) is 9.88 Å². The van der Waals surface area contributed by atoms with Crippen LogP contribution in [-0.4, -0.2) is 16.9 Å². The number of para-hydroxylation sites is 1. The van der Waals surface area contributed by atoms with Crippen LogP contribution in [0, 0.1) is 5.82 Å². The highest BCUT2D eigenvalue weighted by Crippen LogP contribution is 2.27. The minimum Gasteiger partial charge on any atom is -0.293 e. The van der Waals surface area contributed by atoms with Gasteiger partial charge >= 0.3 is 0 Å². The first kappa shape index (κ1) is 15.4. The van der Waals surface area contributed by atoms with Gasteiger partial charge in [-0.3, -0.25) is 4.90 Å². The molecule has 0 aliphatic carbocycles. The molecule has 0 amide bonds. The maximum absolute atomic E-state index is 13.3. The van der Waals surface area contributed by atoms with Crippen LogP contribution in [0.15, 0.2) is 42.5 Å². The van der Waals surface area contributed by atoms with Crippen LogP contribution in [0.1, 0.15) is 23.5 Å². The molecule has 1 unspecified atom stereocenters. The zero-order chi connectivity index (χ0) is 15.7. The van der Waals surface area contributed by atoms with Gasteiger partial charge in [-0.2, -0.15) is 0 Å². The number of halogens is 2. The summed E-state index contributed by atoms with van der Waals surface area (Å²) in [6.07, 6.45) is 0. The van der Waals surface area contributed by atoms with Gasteiger partial charge in [0.2, 0.25) is 0 Å². The van der Waals surface area contributed by atoms with Gasteiger partial charge in [-0.15, -0.1) is 11.3 Å². The van der Waals surface area contributed by atoms with Crippen molar-refractivity contribution in [2.24, 2.45) is 0 Å². The summed E-state index contributed by atoms with van der Waals surface area (Å²) in [5, 5.41) is 1.24. The lowest BCUT2D eigenvalue weighted by Gasteiger charge is -2.24. The van der Waals surface area contributed by atoms with E-state index >= 15 is 0 Å². The average molecular weight is 335 g/mol. The van der Waals surface area contributed by atoms with Crippen LogP contribution >= 0.6 is 22.9 Å². The molecule has 3 rings (SSSR count). The molecule has 1 atom stereocenters. The first-order chi connectivity index (χ1) is 10.5. The number of nitrogens with zero attached hydrogens (tertiary/aromatic N) is 2. The number of thiazole rings is 1. The fourth-order valence-electron chi connectivity index (χ4n) is 2.36. The average Bonchev–Trinajstić information content (AvgIpc) is 2.91. The Hall–Kier alpha value is -1.49. The monoisotopic (exact) mass is 334 g/mol. The predicted octanol–water partition coefficient (Wildman–Crippen LogP) is 5.28. The van der Waals surface area contributed by atoms with Crippen LogP contribution < -0.4 is 0 Å². The summed E-state index contributed by atoms with van der Waals surface area (Å²) in [7, 11) is 2.04. The molecule has 0 saturated heterocycles. The third-order valence-corrected chi connectivity index (χ3v) is 5.12. The maximum atomic E-state index is 13.3. The minimum absolute atomic E-state index is 0.130. The molecule has 2 aromatic carbocycles. The van der Waals surface area contributed by atoms with Crippen molar-refractivity contribution in [3.05, 3.63) is 63.9 Å². The summed E-state index contributed by atoms with van der Waals surface area (Å²) in [5.74, 6) is -0.383. The largest absolute Gasteiger partial charge is 0.293 e. The van der Waals surface area contributed by atoms with E-state index in [9.17, 15) is 4.39 Å². The lowest BCUT2D eigenvalue weighted by atomic mass is 10.1. The first-order valence-electron chi connectivity index (χ1n) is 7.04. The summed E-state index contributed by atoms with van der Waals surface area (Å²) in [6.45, 7) is 2.83. The molecule has 0 aliphatic rings. The van der Waals surface area contributed by atoms with E-state index < -0.39 is 0 Å². The van der Waals surface area contributed by atoms with Crippen molar-refractivity contribution in [1.29, 1.82) is 0 Å². The highest BCUT2D eigenvalue weighted by atomic mass is 35.5. The van der Waals surface area contributed by atoms with Crippen molar-refractivity contribution in [2.75, 3.05) is 7.05 Å². The smallest absolute Gasteiger partial charge is 0.141 e. The lowest BCUT2D eigenvalue weighted by molar-refractivity contribution is 0.253. The predicted molar refractivity (Wildman–Crippen MR) is 90.9 cm³/mol. The number of aromatic nitrogens is 1. The molecule has 5 heteroatoms. The van der Waals surface area contributed by atoms with E-state index in [1.807, 2.05) is 25.2 Å². The molecule has 2 nitrogen and oxygen atoms in total. The van der Waals surface area contributed by atoms with Crippen molar-refractivity contribution >= 4 is 33.2 Å². The quantitative estimate of drug-likeness (QED) is 0.645. The van der Waals surface area contributed by atoms with E-state index in [0.29, 0.717) is 0 Å². The summed E-state index contributed by atoms with van der Waals surface area (Å²) in [4.78, 5) is 6.83. The van der Waals surface area contributed by atoms with Gasteiger partial charge in [-0.1, -0.05) is 29.8 Å². The van der Waals surface area contributed by atoms with Gasteiger partial charge < -0.3 is 0 Å². The number of rotatable bonds is 4. The molecular formula is C17H16ClFN2S. The van der Waals surface area contributed by atoms with Crippen LogP contribution in [0.3, 0.4) is 0 Å². The van der Waals surface area contributed by atoms with Crippen molar-refractivity contribution in [3.63, 3.8) is 0 Å². The Labute approximate surface area is 138 Å². The molecule has 1 heterocycles. The van der Waals surface area contributed by atoms with Crippen LogP contribution in [-0.2, 0) is 6.54 Å². The van der Waals surface area contributed by atoms with Crippen molar-refractivity contribution in [3.8, 4) is 0 Å². The fourth-order valence-corrected chi connectivity index (χ4v) is 3.58. The van der Waals surface area contributed by atoms with E-state index in [-0.39, 0.29) is 16.9 Å². The standard InChI is InChI=1S/C17H16ClFN2S/c1-11(12-7-8-14(19)13(18)9-12)21(2)10-17-20-15-5-3-4-6-16(15)22-17/h3-9,11H,10H2,1-2H3. The number of hydrogen-bond donors (Lipinski definition) is 0. The summed E-state index contributed by atoms with van der Waals surface area (Å²) in [6, 6.07) is 13.1. The molecule has 0 spiro atoms. The molecule has 0 saturated carbocycles. The Morgan fingerprint density at radius 2 is 2.05 bits per heavy atom. The molecule has 0 aliphatic heterocycles. The first-order valence-corrected chi connectivity index (χ1v) is 8.23. The lowest BCUT2D eigenvalue weighted by Crippen LogP contribution is -2.21. The van der Waals surface area contributed by atoms with Gasteiger partial charge in [0.1, 0.15) is 10.8 Å². The minimum atomic E-state index is -0.383. The topological polar surface area (TPSA) is 16.1 Å². The normalized spacial score (nSPS) is 13.0. The summed E-state index contributed by atoms with van der Waals surface area (Å²) >= 11 is 7.58. The highest BCUT2D eigenvalue weighted by Gasteiger charge is 2.15. The Morgan fingerprint density at radius 3 is 2.77 bits per heavy atom. The van der Waals surface area contributed by atoms with Crippen molar-refractivity contribution in [2.45, 2.75) is 19.5 Å². The molecule has 3 aromatic rings. The van der Waals surface area contributed by atoms with Gasteiger partial charge in [-0.05, 0) is 43.8 Å². The van der Waals surface area contributed by atoms with E-state index in [4.69, 9.17) is 11.6 Å². The van der Waals surface area contributed by atoms with E-state index in [2.05, 4.69) is 22.9 Å². The molecule has 0 N–H and O–H groups in total. The van der Waals surface area contributed by atoms with Gasteiger partial charge in [0.05, 0.1) is 21.8 Å². The molecule has 22 heavy (non-hydrogen) atoms. The van der Waals surface area contributed by atoms with E-state index in [1.54, 1.807) is 23.5 Å². The van der Waals surface area contributed by atoms with Gasteiger partial charge in [0.25, 0.3) is 0 Å². The van der Waals surface area contributed by atoms with Crippen LogP contribution in [0.25, 0.3) is 10.2 Å². The third-order valence-electron chi connectivity index (χ3n) is 3.81. The molecule has 0 bridgehead atoms. The summed E-state index contributed by atoms with van der Waals surface area (Å²) in [5.41, 5.74) is 2.03. The Bertz CT molecular complexity index is 769. The maximum Gasteiger partial charge on any atom is 0.141 e.